The minimum absolute atomic E-state index is 0.768. The van der Waals surface area contributed by atoms with E-state index in [4.69, 9.17) is 17.3 Å². The van der Waals surface area contributed by atoms with E-state index in [2.05, 4.69) is 30.7 Å². The summed E-state index contributed by atoms with van der Waals surface area (Å²) in [5.74, 6) is 0. The van der Waals surface area contributed by atoms with E-state index in [-0.39, 0.29) is 0 Å². The van der Waals surface area contributed by atoms with Gasteiger partial charge < -0.3 is 10.3 Å². The molecular weight excluding hydrogens is 232 g/mol. The molecule has 1 aromatic carbocycles. The van der Waals surface area contributed by atoms with Crippen molar-refractivity contribution in [3.8, 4) is 0 Å². The van der Waals surface area contributed by atoms with Crippen molar-refractivity contribution in [2.24, 2.45) is 12.8 Å². The zero-order valence-corrected chi connectivity index (χ0v) is 11.2. The van der Waals surface area contributed by atoms with E-state index in [1.165, 1.54) is 22.2 Å². The normalized spacial score (nSPS) is 11.3. The predicted molar refractivity (Wildman–Crippen MR) is 74.7 cm³/mol. The van der Waals surface area contributed by atoms with Gasteiger partial charge in [-0.05, 0) is 56.5 Å². The fraction of sp³-hybridized carbons (Fsp3) is 0.429. The first kappa shape index (κ1) is 12.5. The second-order valence-corrected chi connectivity index (χ2v) is 4.97. The number of rotatable bonds is 4. The molecule has 0 saturated heterocycles. The van der Waals surface area contributed by atoms with Crippen molar-refractivity contribution in [3.63, 3.8) is 0 Å². The van der Waals surface area contributed by atoms with E-state index in [9.17, 15) is 0 Å². The second-order valence-electron chi connectivity index (χ2n) is 4.53. The van der Waals surface area contributed by atoms with Crippen LogP contribution in [0.1, 0.15) is 24.1 Å². The molecule has 0 radical (unpaired) electrons. The average molecular weight is 251 g/mol. The Morgan fingerprint density at radius 1 is 1.29 bits per heavy atom. The molecule has 0 unspecified atom stereocenters. The van der Waals surface area contributed by atoms with Crippen LogP contribution < -0.4 is 5.73 Å². The summed E-state index contributed by atoms with van der Waals surface area (Å²) in [4.78, 5) is 0. The van der Waals surface area contributed by atoms with E-state index in [1.807, 2.05) is 6.07 Å². The summed E-state index contributed by atoms with van der Waals surface area (Å²) < 4.78 is 2.24. The molecule has 1 aromatic heterocycles. The molecule has 0 atom stereocenters. The second kappa shape index (κ2) is 5.11. The molecule has 17 heavy (non-hydrogen) atoms. The number of hydrogen-bond donors (Lipinski definition) is 1. The van der Waals surface area contributed by atoms with Crippen molar-refractivity contribution in [2.45, 2.75) is 26.2 Å². The predicted octanol–water partition coefficient (Wildman–Crippen LogP) is 3.42. The first-order chi connectivity index (χ1) is 8.15. The van der Waals surface area contributed by atoms with Crippen molar-refractivity contribution >= 4 is 22.5 Å². The Morgan fingerprint density at radius 3 is 2.76 bits per heavy atom. The van der Waals surface area contributed by atoms with Crippen LogP contribution in [0.25, 0.3) is 10.9 Å². The first-order valence-corrected chi connectivity index (χ1v) is 6.46. The number of hydrogen-bond acceptors (Lipinski definition) is 1. The summed E-state index contributed by atoms with van der Waals surface area (Å²) >= 11 is 6.08. The largest absolute Gasteiger partial charge is 0.348 e. The molecule has 0 amide bonds. The highest BCUT2D eigenvalue weighted by molar-refractivity contribution is 6.31. The van der Waals surface area contributed by atoms with Crippen LogP contribution in [0.4, 0.5) is 0 Å². The van der Waals surface area contributed by atoms with Gasteiger partial charge in [-0.1, -0.05) is 11.6 Å². The van der Waals surface area contributed by atoms with Crippen molar-refractivity contribution in [3.05, 3.63) is 34.5 Å². The summed E-state index contributed by atoms with van der Waals surface area (Å²) in [6.07, 6.45) is 3.31. The lowest BCUT2D eigenvalue weighted by molar-refractivity contribution is 0.740. The van der Waals surface area contributed by atoms with Crippen LogP contribution in [-0.2, 0) is 13.5 Å². The molecule has 2 aromatic rings. The number of nitrogens with zero attached hydrogens (tertiary/aromatic N) is 1. The van der Waals surface area contributed by atoms with E-state index in [1.54, 1.807) is 0 Å². The van der Waals surface area contributed by atoms with Gasteiger partial charge in [-0.15, -0.1) is 0 Å². The van der Waals surface area contributed by atoms with Gasteiger partial charge in [0.1, 0.15) is 0 Å². The number of fused-ring (bicyclic) bond motifs is 1. The maximum absolute atomic E-state index is 6.08. The molecule has 0 spiro atoms. The molecule has 0 fully saturated rings. The molecule has 92 valence electrons. The Bertz CT molecular complexity index is 528. The zero-order valence-electron chi connectivity index (χ0n) is 10.5. The fourth-order valence-electron chi connectivity index (χ4n) is 2.38. The highest BCUT2D eigenvalue weighted by atomic mass is 35.5. The lowest BCUT2D eigenvalue weighted by atomic mass is 10.0. The van der Waals surface area contributed by atoms with Gasteiger partial charge in [0.15, 0.2) is 0 Å². The molecular formula is C14H19ClN2. The van der Waals surface area contributed by atoms with Crippen molar-refractivity contribution in [2.75, 3.05) is 6.54 Å². The summed E-state index contributed by atoms with van der Waals surface area (Å²) in [5.41, 5.74) is 9.55. The molecule has 0 bridgehead atoms. The highest BCUT2D eigenvalue weighted by Crippen LogP contribution is 2.28. The van der Waals surface area contributed by atoms with Gasteiger partial charge in [-0.2, -0.15) is 0 Å². The van der Waals surface area contributed by atoms with Crippen LogP contribution in [0, 0.1) is 6.92 Å². The maximum Gasteiger partial charge on any atom is 0.0483 e. The van der Waals surface area contributed by atoms with Crippen LogP contribution in [0.3, 0.4) is 0 Å². The Morgan fingerprint density at radius 2 is 2.06 bits per heavy atom. The number of aryl methyl sites for hydroxylation is 2. The topological polar surface area (TPSA) is 30.9 Å². The molecule has 2 nitrogen and oxygen atoms in total. The van der Waals surface area contributed by atoms with Crippen LogP contribution >= 0.6 is 11.6 Å². The Balaban J connectivity index is 2.45. The standard InChI is InChI=1S/C14H19ClN2/c1-10-12(5-3-4-8-16)13-9-11(15)6-7-14(13)17(10)2/h6-7,9H,3-5,8,16H2,1-2H3. The average Bonchev–Trinajstić information content (AvgIpc) is 2.54. The van der Waals surface area contributed by atoms with E-state index < -0.39 is 0 Å². The van der Waals surface area contributed by atoms with Gasteiger partial charge in [-0.3, -0.25) is 0 Å². The van der Waals surface area contributed by atoms with Gasteiger partial charge in [0, 0.05) is 28.7 Å². The third-order valence-corrected chi connectivity index (χ3v) is 3.70. The minimum Gasteiger partial charge on any atom is -0.348 e. The smallest absolute Gasteiger partial charge is 0.0483 e. The molecule has 3 heteroatoms. The molecule has 0 aliphatic rings. The number of benzene rings is 1. The quantitative estimate of drug-likeness (QED) is 0.829. The summed E-state index contributed by atoms with van der Waals surface area (Å²) in [5, 5.41) is 2.10. The van der Waals surface area contributed by atoms with Crippen LogP contribution in [0.15, 0.2) is 18.2 Å². The van der Waals surface area contributed by atoms with E-state index in [0.29, 0.717) is 0 Å². The Labute approximate surface area is 107 Å². The van der Waals surface area contributed by atoms with Crippen LogP contribution in [0.2, 0.25) is 5.02 Å². The third-order valence-electron chi connectivity index (χ3n) is 3.47. The third kappa shape index (κ3) is 2.33. The molecule has 0 saturated carbocycles. The molecule has 2 N–H and O–H groups in total. The fourth-order valence-corrected chi connectivity index (χ4v) is 2.55. The van der Waals surface area contributed by atoms with Gasteiger partial charge in [0.2, 0.25) is 0 Å². The molecule has 2 rings (SSSR count). The van der Waals surface area contributed by atoms with Crippen LogP contribution in [0.5, 0.6) is 0 Å². The first-order valence-electron chi connectivity index (χ1n) is 6.08. The van der Waals surface area contributed by atoms with Crippen molar-refractivity contribution in [1.29, 1.82) is 0 Å². The Hall–Kier alpha value is -0.990. The van der Waals surface area contributed by atoms with E-state index >= 15 is 0 Å². The number of nitrogens with two attached hydrogens (primary N) is 1. The van der Waals surface area contributed by atoms with Crippen LogP contribution in [-0.4, -0.2) is 11.1 Å². The summed E-state index contributed by atoms with van der Waals surface area (Å²) in [7, 11) is 2.11. The zero-order chi connectivity index (χ0) is 12.4. The molecule has 0 aliphatic carbocycles. The van der Waals surface area contributed by atoms with Crippen molar-refractivity contribution < 1.29 is 0 Å². The van der Waals surface area contributed by atoms with Gasteiger partial charge in [0.25, 0.3) is 0 Å². The molecule has 0 aliphatic heterocycles. The maximum atomic E-state index is 6.08. The van der Waals surface area contributed by atoms with Gasteiger partial charge in [-0.25, -0.2) is 0 Å². The summed E-state index contributed by atoms with van der Waals surface area (Å²) in [6.45, 7) is 2.94. The monoisotopic (exact) mass is 250 g/mol. The SMILES string of the molecule is Cc1c(CCCCN)c2cc(Cl)ccc2n1C. The highest BCUT2D eigenvalue weighted by Gasteiger charge is 2.11. The lowest BCUT2D eigenvalue weighted by Crippen LogP contribution is -1.99. The summed E-state index contributed by atoms with van der Waals surface area (Å²) in [6, 6.07) is 6.12. The van der Waals surface area contributed by atoms with Gasteiger partial charge in [0.05, 0.1) is 0 Å². The molecule has 1 heterocycles. The van der Waals surface area contributed by atoms with Gasteiger partial charge >= 0.3 is 0 Å². The number of halogens is 1. The number of aromatic nitrogens is 1. The minimum atomic E-state index is 0.768. The number of unbranched alkanes of at least 4 members (excludes halogenated alkanes) is 1. The van der Waals surface area contributed by atoms with E-state index in [0.717, 1.165) is 30.8 Å². The van der Waals surface area contributed by atoms with Crippen molar-refractivity contribution in [1.82, 2.24) is 4.57 Å². The Kier molecular flexibility index (Phi) is 3.75. The lowest BCUT2D eigenvalue weighted by Gasteiger charge is -2.02.